The molecule has 2 aromatic rings. The summed E-state index contributed by atoms with van der Waals surface area (Å²) >= 11 is 0. The minimum Gasteiger partial charge on any atom is -0.383 e. The summed E-state index contributed by atoms with van der Waals surface area (Å²) in [7, 11) is -7.78. The van der Waals surface area contributed by atoms with Crippen LogP contribution in [0.1, 0.15) is 18.4 Å². The lowest BCUT2D eigenvalue weighted by molar-refractivity contribution is 0.0543. The van der Waals surface area contributed by atoms with Crippen LogP contribution in [-0.2, 0) is 30.0 Å². The van der Waals surface area contributed by atoms with Crippen molar-refractivity contribution in [2.24, 2.45) is 5.14 Å². The van der Waals surface area contributed by atoms with Gasteiger partial charge in [0, 0.05) is 31.4 Å². The highest BCUT2D eigenvalue weighted by atomic mass is 32.2. The second kappa shape index (κ2) is 8.02. The van der Waals surface area contributed by atoms with Gasteiger partial charge < -0.3 is 10.1 Å². The third kappa shape index (κ3) is 4.95. The molecule has 1 aliphatic rings. The topological polar surface area (TPSA) is 116 Å². The Kier molecular flexibility index (Phi) is 6.00. The largest absolute Gasteiger partial charge is 0.383 e. The molecule has 0 radical (unpaired) electrons. The van der Waals surface area contributed by atoms with Gasteiger partial charge in [0.2, 0.25) is 10.0 Å². The molecule has 29 heavy (non-hydrogen) atoms. The minimum absolute atomic E-state index is 0.162. The Bertz CT molecular complexity index is 1110. The van der Waals surface area contributed by atoms with E-state index in [4.69, 9.17) is 9.88 Å². The van der Waals surface area contributed by atoms with Crippen LogP contribution in [0, 0.1) is 5.82 Å². The number of sulfonamides is 1. The van der Waals surface area contributed by atoms with E-state index in [-0.39, 0.29) is 21.3 Å². The van der Waals surface area contributed by atoms with Gasteiger partial charge in [-0.25, -0.2) is 26.4 Å². The van der Waals surface area contributed by atoms with E-state index in [1.54, 1.807) is 6.07 Å². The molecular weight excluding hydrogens is 419 g/mol. The second-order valence-corrected chi connectivity index (χ2v) is 10.8. The lowest BCUT2D eigenvalue weighted by Crippen LogP contribution is -2.40. The number of sulfone groups is 1. The fourth-order valence-corrected chi connectivity index (χ4v) is 5.04. The van der Waals surface area contributed by atoms with E-state index in [0.29, 0.717) is 32.6 Å². The Morgan fingerprint density at radius 3 is 2.38 bits per heavy atom. The van der Waals surface area contributed by atoms with Crippen LogP contribution in [0.4, 0.5) is 10.1 Å². The molecule has 1 heterocycles. The third-order valence-corrected chi connectivity index (χ3v) is 7.23. The van der Waals surface area contributed by atoms with Crippen molar-refractivity contribution < 1.29 is 26.0 Å². The van der Waals surface area contributed by atoms with Crippen LogP contribution in [0.3, 0.4) is 0 Å². The Balaban J connectivity index is 1.98. The molecular formula is C19H23FN2O5S2. The molecule has 0 spiro atoms. The number of primary sulfonamides is 1. The smallest absolute Gasteiger partial charge is 0.238 e. The van der Waals surface area contributed by atoms with Crippen molar-refractivity contribution in [3.63, 3.8) is 0 Å². The van der Waals surface area contributed by atoms with Crippen molar-refractivity contribution in [1.29, 1.82) is 0 Å². The zero-order chi connectivity index (χ0) is 21.3. The van der Waals surface area contributed by atoms with Crippen LogP contribution in [-0.4, -0.2) is 42.8 Å². The van der Waals surface area contributed by atoms with Gasteiger partial charge in [-0.3, -0.25) is 0 Å². The monoisotopic (exact) mass is 442 g/mol. The molecule has 0 saturated carbocycles. The Hall–Kier alpha value is -2.01. The van der Waals surface area contributed by atoms with Crippen molar-refractivity contribution in [2.45, 2.75) is 28.0 Å². The summed E-state index contributed by atoms with van der Waals surface area (Å²) in [4.78, 5) is -0.445. The van der Waals surface area contributed by atoms with Crippen LogP contribution in [0.15, 0.2) is 52.3 Å². The molecule has 1 saturated heterocycles. The van der Waals surface area contributed by atoms with Crippen molar-refractivity contribution >= 4 is 25.5 Å². The molecule has 3 N–H and O–H groups in total. The number of ether oxygens (including phenoxy) is 1. The van der Waals surface area contributed by atoms with Crippen molar-refractivity contribution in [1.82, 2.24) is 0 Å². The molecule has 1 fully saturated rings. The number of benzene rings is 2. The fraction of sp³-hybridized carbons (Fsp3) is 0.368. The number of halogens is 1. The summed E-state index contributed by atoms with van der Waals surface area (Å²) in [6.45, 7) is 1.33. The molecule has 7 nitrogen and oxygen atoms in total. The number of anilines is 1. The molecule has 0 atom stereocenters. The third-order valence-electron chi connectivity index (χ3n) is 5.19. The normalized spacial score (nSPS) is 17.1. The van der Waals surface area contributed by atoms with E-state index in [0.717, 1.165) is 17.9 Å². The van der Waals surface area contributed by atoms with E-state index < -0.39 is 25.3 Å². The molecule has 0 aromatic heterocycles. The van der Waals surface area contributed by atoms with E-state index >= 15 is 0 Å². The van der Waals surface area contributed by atoms with Crippen LogP contribution in [0.25, 0.3) is 0 Å². The number of nitrogens with two attached hydrogens (primary N) is 1. The first-order valence-corrected chi connectivity index (χ1v) is 12.4. The van der Waals surface area contributed by atoms with Gasteiger partial charge in [-0.2, -0.15) is 0 Å². The number of hydrogen-bond donors (Lipinski definition) is 2. The fourth-order valence-electron chi connectivity index (χ4n) is 3.54. The predicted molar refractivity (Wildman–Crippen MR) is 108 cm³/mol. The van der Waals surface area contributed by atoms with Gasteiger partial charge in [0.25, 0.3) is 0 Å². The number of hydrogen-bond acceptors (Lipinski definition) is 6. The quantitative estimate of drug-likeness (QED) is 0.707. The summed E-state index contributed by atoms with van der Waals surface area (Å²) in [5.41, 5.74) is 0.617. The maximum absolute atomic E-state index is 13.8. The van der Waals surface area contributed by atoms with Gasteiger partial charge >= 0.3 is 0 Å². The Morgan fingerprint density at radius 2 is 1.79 bits per heavy atom. The minimum atomic E-state index is -4.05. The zero-order valence-corrected chi connectivity index (χ0v) is 17.5. The first kappa shape index (κ1) is 21.7. The van der Waals surface area contributed by atoms with Crippen molar-refractivity contribution in [2.75, 3.05) is 31.3 Å². The van der Waals surface area contributed by atoms with Gasteiger partial charge in [-0.15, -0.1) is 0 Å². The van der Waals surface area contributed by atoms with Crippen LogP contribution in [0.5, 0.6) is 0 Å². The summed E-state index contributed by atoms with van der Waals surface area (Å²) in [5, 5.41) is 8.26. The van der Waals surface area contributed by atoms with Gasteiger partial charge in [0.15, 0.2) is 9.84 Å². The lowest BCUT2D eigenvalue weighted by Gasteiger charge is -2.38. The highest BCUT2D eigenvalue weighted by molar-refractivity contribution is 7.91. The van der Waals surface area contributed by atoms with Gasteiger partial charge in [0.1, 0.15) is 5.82 Å². The molecule has 2 aromatic carbocycles. The molecule has 0 bridgehead atoms. The van der Waals surface area contributed by atoms with Gasteiger partial charge in [-0.1, -0.05) is 12.1 Å². The average molecular weight is 443 g/mol. The Morgan fingerprint density at radius 1 is 1.10 bits per heavy atom. The summed E-state index contributed by atoms with van der Waals surface area (Å²) in [6, 6.07) is 10.0. The number of nitrogens with one attached hydrogen (secondary N) is 1. The van der Waals surface area contributed by atoms with Crippen molar-refractivity contribution in [3.8, 4) is 0 Å². The first-order valence-electron chi connectivity index (χ1n) is 8.96. The SMILES string of the molecule is CS(=O)(=O)c1cc(S(N)(=O)=O)ccc1NCC1(c2cccc(F)c2)CCOCC1. The summed E-state index contributed by atoms with van der Waals surface area (Å²) in [5.74, 6) is -0.345. The standard InChI is InChI=1S/C19H23FN2O5S2/c1-28(23,24)18-12-16(29(21,25)26)5-6-17(18)22-13-19(7-9-27-10-8-19)14-3-2-4-15(20)11-14/h2-6,11-12,22H,7-10,13H2,1H3,(H2,21,25,26). The van der Waals surface area contributed by atoms with E-state index in [2.05, 4.69) is 5.32 Å². The van der Waals surface area contributed by atoms with Gasteiger partial charge in [-0.05, 0) is 48.7 Å². The molecule has 0 amide bonds. The average Bonchev–Trinajstić information content (AvgIpc) is 2.65. The van der Waals surface area contributed by atoms with Crippen LogP contribution < -0.4 is 10.5 Å². The Labute approximate surface area is 170 Å². The lowest BCUT2D eigenvalue weighted by atomic mass is 9.74. The van der Waals surface area contributed by atoms with E-state index in [1.165, 1.54) is 24.3 Å². The molecule has 3 rings (SSSR count). The maximum Gasteiger partial charge on any atom is 0.238 e. The number of rotatable bonds is 6. The molecule has 158 valence electrons. The maximum atomic E-state index is 13.8. The second-order valence-electron chi connectivity index (χ2n) is 7.23. The molecule has 0 aliphatic carbocycles. The molecule has 10 heteroatoms. The highest BCUT2D eigenvalue weighted by Crippen LogP contribution is 2.36. The molecule has 0 unspecified atom stereocenters. The first-order chi connectivity index (χ1) is 13.5. The van der Waals surface area contributed by atoms with E-state index in [9.17, 15) is 21.2 Å². The predicted octanol–water partition coefficient (Wildman–Crippen LogP) is 2.04. The van der Waals surface area contributed by atoms with Gasteiger partial charge in [0.05, 0.1) is 15.5 Å². The van der Waals surface area contributed by atoms with Crippen LogP contribution >= 0.6 is 0 Å². The highest BCUT2D eigenvalue weighted by Gasteiger charge is 2.35. The van der Waals surface area contributed by atoms with Crippen molar-refractivity contribution in [3.05, 3.63) is 53.8 Å². The van der Waals surface area contributed by atoms with E-state index in [1.807, 2.05) is 6.07 Å². The summed E-state index contributed by atoms with van der Waals surface area (Å²) < 4.78 is 67.0. The summed E-state index contributed by atoms with van der Waals surface area (Å²) in [6.07, 6.45) is 2.26. The zero-order valence-electron chi connectivity index (χ0n) is 15.9. The molecule has 1 aliphatic heterocycles. The van der Waals surface area contributed by atoms with Crippen LogP contribution in [0.2, 0.25) is 0 Å².